The first kappa shape index (κ1) is 24.9. The van der Waals surface area contributed by atoms with Gasteiger partial charge in [-0.05, 0) is 37.8 Å². The van der Waals surface area contributed by atoms with Crippen LogP contribution >= 0.6 is 11.3 Å². The van der Waals surface area contributed by atoms with Gasteiger partial charge in [0.15, 0.2) is 0 Å². The maximum atomic E-state index is 12.1. The van der Waals surface area contributed by atoms with Crippen LogP contribution < -0.4 is 10.5 Å². The number of ether oxygens (including phenoxy) is 1. The molecule has 186 valence electrons. The number of primary amides is 1. The van der Waals surface area contributed by atoms with Crippen molar-refractivity contribution >= 4 is 23.2 Å². The third kappa shape index (κ3) is 5.73. The van der Waals surface area contributed by atoms with Crippen molar-refractivity contribution in [3.8, 4) is 27.8 Å². The topological polar surface area (TPSA) is 120 Å². The van der Waals surface area contributed by atoms with Crippen molar-refractivity contribution < 1.29 is 19.4 Å². The lowest BCUT2D eigenvalue weighted by molar-refractivity contribution is -0.118. The van der Waals surface area contributed by atoms with Crippen LogP contribution in [0.15, 0.2) is 29.8 Å². The van der Waals surface area contributed by atoms with E-state index < -0.39 is 5.97 Å². The van der Waals surface area contributed by atoms with Crippen LogP contribution in [0.1, 0.15) is 73.5 Å². The van der Waals surface area contributed by atoms with E-state index in [0.717, 1.165) is 22.7 Å². The van der Waals surface area contributed by atoms with Gasteiger partial charge < -0.3 is 20.1 Å². The minimum absolute atomic E-state index is 0.0264. The zero-order chi connectivity index (χ0) is 24.9. The van der Waals surface area contributed by atoms with Crippen molar-refractivity contribution in [3.05, 3.63) is 41.0 Å². The molecule has 1 fully saturated rings. The number of methoxy groups -OCH3 is 1. The van der Waals surface area contributed by atoms with E-state index in [-0.39, 0.29) is 23.9 Å². The molecule has 3 N–H and O–H groups in total. The third-order valence-electron chi connectivity index (χ3n) is 6.90. The van der Waals surface area contributed by atoms with Gasteiger partial charge in [-0.1, -0.05) is 32.1 Å². The predicted molar refractivity (Wildman–Crippen MR) is 136 cm³/mol. The van der Waals surface area contributed by atoms with Crippen molar-refractivity contribution in [1.82, 2.24) is 14.5 Å². The fraction of sp³-hybridized carbons (Fsp3) is 0.462. The number of hydrogen-bond donors (Lipinski definition) is 2. The van der Waals surface area contributed by atoms with E-state index in [4.69, 9.17) is 15.5 Å². The van der Waals surface area contributed by atoms with Crippen LogP contribution in [0.25, 0.3) is 22.0 Å². The highest BCUT2D eigenvalue weighted by Crippen LogP contribution is 2.39. The number of carboxylic acids is 1. The van der Waals surface area contributed by atoms with Crippen molar-refractivity contribution in [1.29, 1.82) is 0 Å². The van der Waals surface area contributed by atoms with Gasteiger partial charge in [-0.3, -0.25) is 4.79 Å². The second-order valence-corrected chi connectivity index (χ2v) is 10.1. The highest BCUT2D eigenvalue weighted by molar-refractivity contribution is 7.13. The second-order valence-electron chi connectivity index (χ2n) is 9.23. The molecule has 1 atom stereocenters. The molecule has 35 heavy (non-hydrogen) atoms. The largest absolute Gasteiger partial charge is 0.481 e. The number of amides is 1. The molecule has 0 aromatic carbocycles. The Morgan fingerprint density at radius 3 is 2.69 bits per heavy atom. The molecule has 0 bridgehead atoms. The maximum Gasteiger partial charge on any atom is 0.337 e. The smallest absolute Gasteiger partial charge is 0.337 e. The summed E-state index contributed by atoms with van der Waals surface area (Å²) in [7, 11) is 1.57. The van der Waals surface area contributed by atoms with Crippen LogP contribution in [0.2, 0.25) is 0 Å². The number of thiazole rings is 1. The van der Waals surface area contributed by atoms with Crippen molar-refractivity contribution in [2.45, 2.75) is 64.3 Å². The number of hydrogen-bond acceptors (Lipinski definition) is 6. The first-order valence-electron chi connectivity index (χ1n) is 12.1. The van der Waals surface area contributed by atoms with Crippen LogP contribution in [0.4, 0.5) is 0 Å². The summed E-state index contributed by atoms with van der Waals surface area (Å²) < 4.78 is 7.23. The Hall–Kier alpha value is -3.20. The van der Waals surface area contributed by atoms with Gasteiger partial charge in [-0.15, -0.1) is 11.3 Å². The summed E-state index contributed by atoms with van der Waals surface area (Å²) in [4.78, 5) is 32.8. The van der Waals surface area contributed by atoms with Crippen LogP contribution in [-0.4, -0.2) is 38.6 Å². The summed E-state index contributed by atoms with van der Waals surface area (Å²) >= 11 is 1.48. The van der Waals surface area contributed by atoms with E-state index in [1.54, 1.807) is 25.4 Å². The molecule has 3 aromatic rings. The maximum absolute atomic E-state index is 12.1. The minimum atomic E-state index is -0.969. The Morgan fingerprint density at radius 1 is 1.29 bits per heavy atom. The highest BCUT2D eigenvalue weighted by atomic mass is 32.1. The summed E-state index contributed by atoms with van der Waals surface area (Å²) in [6.45, 7) is 1.84. The van der Waals surface area contributed by atoms with E-state index in [1.165, 1.54) is 43.4 Å². The number of rotatable bonds is 10. The lowest BCUT2D eigenvalue weighted by Gasteiger charge is -2.29. The Kier molecular flexibility index (Phi) is 7.85. The first-order valence-corrected chi connectivity index (χ1v) is 12.9. The SMILES string of the molecule is COc1ccc(-c2nc(-c3cc(C(=O)O)c(C)n3C(CCC(N)=O)CC3CCCCC3)cs2)cn1. The van der Waals surface area contributed by atoms with Crippen LogP contribution in [0, 0.1) is 12.8 Å². The van der Waals surface area contributed by atoms with Gasteiger partial charge in [0.05, 0.1) is 24.1 Å². The first-order chi connectivity index (χ1) is 16.9. The molecule has 0 spiro atoms. The van der Waals surface area contributed by atoms with Crippen molar-refractivity contribution in [3.63, 3.8) is 0 Å². The number of nitrogens with zero attached hydrogens (tertiary/aromatic N) is 3. The van der Waals surface area contributed by atoms with Crippen LogP contribution in [-0.2, 0) is 4.79 Å². The molecule has 0 radical (unpaired) electrons. The molecule has 3 aromatic heterocycles. The van der Waals surface area contributed by atoms with Gasteiger partial charge in [0, 0.05) is 41.4 Å². The van der Waals surface area contributed by atoms with Crippen molar-refractivity contribution in [2.24, 2.45) is 11.7 Å². The summed E-state index contributed by atoms with van der Waals surface area (Å²) in [6.07, 6.45) is 9.48. The number of nitrogens with two attached hydrogens (primary N) is 1. The molecule has 1 aliphatic carbocycles. The standard InChI is InChI=1S/C26H32N4O4S/c1-16-20(26(32)33)13-22(21-15-35-25(29-21)18-8-11-24(34-2)28-14-18)30(16)19(9-10-23(27)31)12-17-6-4-3-5-7-17/h8,11,13-15,17,19H,3-7,9-10,12H2,1-2H3,(H2,27,31)(H,32,33). The summed E-state index contributed by atoms with van der Waals surface area (Å²) in [5.74, 6) is -0.225. The third-order valence-corrected chi connectivity index (χ3v) is 7.79. The van der Waals surface area contributed by atoms with Crippen LogP contribution in [0.3, 0.4) is 0 Å². The van der Waals surface area contributed by atoms with Gasteiger partial charge in [0.2, 0.25) is 11.8 Å². The second kappa shape index (κ2) is 11.0. The van der Waals surface area contributed by atoms with Gasteiger partial charge in [0.1, 0.15) is 5.01 Å². The molecule has 9 heteroatoms. The van der Waals surface area contributed by atoms with E-state index in [2.05, 4.69) is 9.55 Å². The monoisotopic (exact) mass is 496 g/mol. The minimum Gasteiger partial charge on any atom is -0.481 e. The van der Waals surface area contributed by atoms with E-state index in [0.29, 0.717) is 29.6 Å². The Morgan fingerprint density at radius 2 is 2.06 bits per heavy atom. The molecule has 3 heterocycles. The van der Waals surface area contributed by atoms with Crippen molar-refractivity contribution in [2.75, 3.05) is 7.11 Å². The van der Waals surface area contributed by atoms with Gasteiger partial charge in [-0.25, -0.2) is 14.8 Å². The van der Waals surface area contributed by atoms with E-state index in [1.807, 2.05) is 18.4 Å². The quantitative estimate of drug-likeness (QED) is 0.384. The zero-order valence-electron chi connectivity index (χ0n) is 20.2. The van der Waals surface area contributed by atoms with E-state index >= 15 is 0 Å². The van der Waals surface area contributed by atoms with Gasteiger partial charge >= 0.3 is 5.97 Å². The molecule has 8 nitrogen and oxygen atoms in total. The number of carbonyl (C=O) groups excluding carboxylic acids is 1. The number of aromatic nitrogens is 3. The molecule has 1 saturated carbocycles. The van der Waals surface area contributed by atoms with Crippen LogP contribution in [0.5, 0.6) is 5.88 Å². The van der Waals surface area contributed by atoms with Gasteiger partial charge in [0.25, 0.3) is 0 Å². The number of aromatic carboxylic acids is 1. The molecule has 1 amide bonds. The average Bonchev–Trinajstić information content (AvgIpc) is 3.47. The lowest BCUT2D eigenvalue weighted by atomic mass is 9.83. The summed E-state index contributed by atoms with van der Waals surface area (Å²) in [5.41, 5.74) is 8.78. The highest BCUT2D eigenvalue weighted by Gasteiger charge is 2.27. The molecular weight excluding hydrogens is 464 g/mol. The number of carbonyl (C=O) groups is 2. The average molecular weight is 497 g/mol. The summed E-state index contributed by atoms with van der Waals surface area (Å²) in [5, 5.41) is 12.6. The molecule has 1 aliphatic rings. The van der Waals surface area contributed by atoms with E-state index in [9.17, 15) is 14.7 Å². The molecule has 1 unspecified atom stereocenters. The summed E-state index contributed by atoms with van der Waals surface area (Å²) in [6, 6.07) is 5.37. The van der Waals surface area contributed by atoms with Gasteiger partial charge in [-0.2, -0.15) is 0 Å². The fourth-order valence-electron chi connectivity index (χ4n) is 5.13. The fourth-order valence-corrected chi connectivity index (χ4v) is 5.93. The normalized spacial score (nSPS) is 15.1. The Bertz CT molecular complexity index is 1180. The number of pyridine rings is 1. The lowest BCUT2D eigenvalue weighted by Crippen LogP contribution is -2.21. The predicted octanol–water partition coefficient (Wildman–Crippen LogP) is 5.47. The number of carboxylic acid groups (broad SMARTS) is 1. The Labute approximate surface area is 209 Å². The molecule has 0 saturated heterocycles. The molecule has 4 rings (SSSR count). The molecule has 0 aliphatic heterocycles. The zero-order valence-corrected chi connectivity index (χ0v) is 21.0. The Balaban J connectivity index is 1.73. The molecular formula is C26H32N4O4S.